The molecule has 1 heterocycles. The summed E-state index contributed by atoms with van der Waals surface area (Å²) in [5.74, 6) is 0.875. The number of aliphatic hydroxyl groups is 1. The van der Waals surface area contributed by atoms with E-state index in [0.29, 0.717) is 16.4 Å². The number of benzene rings is 1. The van der Waals surface area contributed by atoms with Gasteiger partial charge in [-0.05, 0) is 45.1 Å². The lowest BCUT2D eigenvalue weighted by Gasteiger charge is -2.11. The Labute approximate surface area is 129 Å². The van der Waals surface area contributed by atoms with Gasteiger partial charge in [0.15, 0.2) is 18.1 Å². The van der Waals surface area contributed by atoms with Gasteiger partial charge < -0.3 is 14.6 Å². The molecule has 4 nitrogen and oxygen atoms in total. The van der Waals surface area contributed by atoms with E-state index in [0.717, 1.165) is 10.0 Å². The summed E-state index contributed by atoms with van der Waals surface area (Å²) in [6.45, 7) is -0.133. The van der Waals surface area contributed by atoms with Crippen molar-refractivity contribution in [2.24, 2.45) is 0 Å². The van der Waals surface area contributed by atoms with Crippen LogP contribution in [0.1, 0.15) is 15.2 Å². The molecule has 0 radical (unpaired) electrons. The summed E-state index contributed by atoms with van der Waals surface area (Å²) in [4.78, 5) is 12.6. The summed E-state index contributed by atoms with van der Waals surface area (Å²) in [5.41, 5.74) is 0.724. The van der Waals surface area contributed by atoms with E-state index < -0.39 is 0 Å². The van der Waals surface area contributed by atoms with Crippen LogP contribution in [-0.4, -0.2) is 24.6 Å². The largest absolute Gasteiger partial charge is 0.493 e. The van der Waals surface area contributed by atoms with Crippen molar-refractivity contribution in [3.63, 3.8) is 0 Å². The van der Waals surface area contributed by atoms with Crippen molar-refractivity contribution in [3.05, 3.63) is 44.6 Å². The van der Waals surface area contributed by atoms with Crippen LogP contribution >= 0.6 is 27.3 Å². The Morgan fingerprint density at radius 1 is 1.35 bits per heavy atom. The van der Waals surface area contributed by atoms with Gasteiger partial charge in [-0.25, -0.2) is 0 Å². The van der Waals surface area contributed by atoms with Crippen LogP contribution in [0, 0.1) is 0 Å². The summed E-state index contributed by atoms with van der Waals surface area (Å²) in [5, 5.41) is 10.9. The molecule has 0 saturated heterocycles. The van der Waals surface area contributed by atoms with Gasteiger partial charge in [-0.15, -0.1) is 11.3 Å². The lowest BCUT2D eigenvalue weighted by atomic mass is 10.2. The highest BCUT2D eigenvalue weighted by atomic mass is 79.9. The van der Waals surface area contributed by atoms with Gasteiger partial charge in [0.2, 0.25) is 5.78 Å². The van der Waals surface area contributed by atoms with Crippen LogP contribution in [0.2, 0.25) is 0 Å². The third kappa shape index (κ3) is 3.39. The molecular weight excluding hydrogens is 344 g/mol. The predicted molar refractivity (Wildman–Crippen MR) is 80.8 cm³/mol. The topological polar surface area (TPSA) is 55.8 Å². The fraction of sp³-hybridized carbons (Fsp3) is 0.214. The van der Waals surface area contributed by atoms with Crippen LogP contribution in [0.4, 0.5) is 0 Å². The molecule has 6 heteroatoms. The van der Waals surface area contributed by atoms with Gasteiger partial charge in [0.05, 0.1) is 18.6 Å². The van der Waals surface area contributed by atoms with Crippen molar-refractivity contribution in [3.8, 4) is 11.5 Å². The standard InChI is InChI=1S/C14H13BrO4S/c1-18-13-6-9(7-16)2-3-12(13)19-8-11(17)14-10(15)4-5-20-14/h2-6,16H,7-8H2,1H3. The number of methoxy groups -OCH3 is 1. The van der Waals surface area contributed by atoms with E-state index in [1.807, 2.05) is 11.4 Å². The predicted octanol–water partition coefficient (Wildman–Crippen LogP) is 3.27. The second-order valence-corrected chi connectivity index (χ2v) is 5.72. The zero-order chi connectivity index (χ0) is 14.5. The number of ether oxygens (including phenoxy) is 2. The normalized spacial score (nSPS) is 10.3. The summed E-state index contributed by atoms with van der Waals surface area (Å²) in [7, 11) is 1.51. The summed E-state index contributed by atoms with van der Waals surface area (Å²) >= 11 is 4.69. The molecule has 0 saturated carbocycles. The molecule has 106 valence electrons. The van der Waals surface area contributed by atoms with E-state index in [1.54, 1.807) is 18.2 Å². The number of rotatable bonds is 6. The first-order valence-corrected chi connectivity index (χ1v) is 7.49. The van der Waals surface area contributed by atoms with Crippen molar-refractivity contribution in [1.29, 1.82) is 0 Å². The number of ketones is 1. The fourth-order valence-electron chi connectivity index (χ4n) is 1.63. The molecule has 1 aromatic carbocycles. The van der Waals surface area contributed by atoms with Crippen LogP contribution < -0.4 is 9.47 Å². The van der Waals surface area contributed by atoms with E-state index in [9.17, 15) is 4.79 Å². The second-order valence-electron chi connectivity index (χ2n) is 3.95. The highest BCUT2D eigenvalue weighted by Gasteiger charge is 2.14. The number of carbonyl (C=O) groups is 1. The minimum atomic E-state index is -0.0971. The van der Waals surface area contributed by atoms with Gasteiger partial charge >= 0.3 is 0 Å². The molecule has 1 N–H and O–H groups in total. The second kappa shape index (κ2) is 6.88. The Hall–Kier alpha value is -1.37. The van der Waals surface area contributed by atoms with Gasteiger partial charge in [-0.2, -0.15) is 0 Å². The van der Waals surface area contributed by atoms with Crippen LogP contribution in [0.3, 0.4) is 0 Å². The Morgan fingerprint density at radius 3 is 2.75 bits per heavy atom. The Bertz CT molecular complexity index is 609. The summed E-state index contributed by atoms with van der Waals surface area (Å²) in [6, 6.07) is 6.92. The maximum absolute atomic E-state index is 12.0. The number of carbonyl (C=O) groups excluding carboxylic acids is 1. The fourth-order valence-corrected chi connectivity index (χ4v) is 3.15. The number of Topliss-reactive ketones (excluding diaryl/α,β-unsaturated/α-hetero) is 1. The summed E-state index contributed by atoms with van der Waals surface area (Å²) < 4.78 is 11.5. The first-order valence-electron chi connectivity index (χ1n) is 5.82. The zero-order valence-corrected chi connectivity index (χ0v) is 13.2. The molecular formula is C14H13BrO4S. The number of thiophene rings is 1. The average Bonchev–Trinajstić information content (AvgIpc) is 2.90. The van der Waals surface area contributed by atoms with Crippen LogP contribution in [0.25, 0.3) is 0 Å². The summed E-state index contributed by atoms with van der Waals surface area (Å²) in [6.07, 6.45) is 0. The van der Waals surface area contributed by atoms with E-state index in [2.05, 4.69) is 15.9 Å². The number of halogens is 1. The Morgan fingerprint density at radius 2 is 2.15 bits per heavy atom. The Balaban J connectivity index is 2.07. The maximum Gasteiger partial charge on any atom is 0.211 e. The number of hydrogen-bond acceptors (Lipinski definition) is 5. The van der Waals surface area contributed by atoms with Crippen molar-refractivity contribution in [1.82, 2.24) is 0 Å². The van der Waals surface area contributed by atoms with Crippen molar-refractivity contribution >= 4 is 33.0 Å². The monoisotopic (exact) mass is 356 g/mol. The number of aliphatic hydroxyl groups excluding tert-OH is 1. The van der Waals surface area contributed by atoms with Crippen LogP contribution in [0.5, 0.6) is 11.5 Å². The first kappa shape index (κ1) is 15.0. The van der Waals surface area contributed by atoms with Gasteiger partial charge in [-0.3, -0.25) is 4.79 Å². The lowest BCUT2D eigenvalue weighted by Crippen LogP contribution is -2.11. The molecule has 1 aromatic heterocycles. The molecule has 0 bridgehead atoms. The highest BCUT2D eigenvalue weighted by Crippen LogP contribution is 2.29. The SMILES string of the molecule is COc1cc(CO)ccc1OCC(=O)c1sccc1Br. The lowest BCUT2D eigenvalue weighted by molar-refractivity contribution is 0.0923. The van der Waals surface area contributed by atoms with Crippen LogP contribution in [0.15, 0.2) is 34.1 Å². The average molecular weight is 357 g/mol. The molecule has 0 aliphatic rings. The van der Waals surface area contributed by atoms with Gasteiger partial charge in [0.1, 0.15) is 0 Å². The molecule has 0 aliphatic heterocycles. The molecule has 2 rings (SSSR count). The third-order valence-electron chi connectivity index (χ3n) is 2.64. The van der Waals surface area contributed by atoms with E-state index >= 15 is 0 Å². The molecule has 2 aromatic rings. The molecule has 0 amide bonds. The quantitative estimate of drug-likeness (QED) is 0.807. The Kier molecular flexibility index (Phi) is 5.17. The van der Waals surface area contributed by atoms with E-state index in [1.165, 1.54) is 18.4 Å². The number of hydrogen-bond donors (Lipinski definition) is 1. The first-order chi connectivity index (χ1) is 9.65. The molecule has 20 heavy (non-hydrogen) atoms. The molecule has 0 spiro atoms. The minimum absolute atomic E-state index is 0.0616. The van der Waals surface area contributed by atoms with Gasteiger partial charge in [0.25, 0.3) is 0 Å². The molecule has 0 fully saturated rings. The highest BCUT2D eigenvalue weighted by molar-refractivity contribution is 9.10. The van der Waals surface area contributed by atoms with Crippen molar-refractivity contribution in [2.45, 2.75) is 6.61 Å². The van der Waals surface area contributed by atoms with E-state index in [4.69, 9.17) is 14.6 Å². The van der Waals surface area contributed by atoms with Gasteiger partial charge in [0, 0.05) is 4.47 Å². The maximum atomic E-state index is 12.0. The molecule has 0 atom stereocenters. The van der Waals surface area contributed by atoms with E-state index in [-0.39, 0.29) is 19.0 Å². The zero-order valence-electron chi connectivity index (χ0n) is 10.8. The van der Waals surface area contributed by atoms with Crippen LogP contribution in [-0.2, 0) is 6.61 Å². The van der Waals surface area contributed by atoms with Crippen molar-refractivity contribution < 1.29 is 19.4 Å². The van der Waals surface area contributed by atoms with Gasteiger partial charge in [-0.1, -0.05) is 6.07 Å². The molecule has 0 aliphatic carbocycles. The minimum Gasteiger partial charge on any atom is -0.493 e. The smallest absolute Gasteiger partial charge is 0.211 e. The molecule has 0 unspecified atom stereocenters. The third-order valence-corrected chi connectivity index (χ3v) is 4.52. The van der Waals surface area contributed by atoms with Crippen molar-refractivity contribution in [2.75, 3.05) is 13.7 Å².